The molecule has 0 N–H and O–H groups in total. The normalized spacial score (nSPS) is 13.3. The topological polar surface area (TPSA) is 61.2 Å². The van der Waals surface area contributed by atoms with E-state index in [1.165, 1.54) is 7.11 Å². The molecule has 25 heavy (non-hydrogen) atoms. The first-order chi connectivity index (χ1) is 11.9. The second-order valence-electron chi connectivity index (χ2n) is 6.49. The summed E-state index contributed by atoms with van der Waals surface area (Å²) in [7, 11) is 1.36. The van der Waals surface area contributed by atoms with E-state index >= 15 is 0 Å². The van der Waals surface area contributed by atoms with Gasteiger partial charge in [0.05, 0.1) is 24.4 Å². The van der Waals surface area contributed by atoms with E-state index < -0.39 is 5.92 Å². The van der Waals surface area contributed by atoms with Crippen molar-refractivity contribution in [3.63, 3.8) is 0 Å². The molecule has 5 nitrogen and oxygen atoms in total. The Bertz CT molecular complexity index is 764. The number of Topliss-reactive ketones (excluding diaryl/α,β-unsaturated/α-hetero) is 1. The van der Waals surface area contributed by atoms with Gasteiger partial charge in [-0.3, -0.25) is 9.59 Å². The first-order valence-electron chi connectivity index (χ1n) is 8.61. The fraction of sp³-hybridized carbons (Fsp3) is 0.450. The van der Waals surface area contributed by atoms with E-state index in [0.717, 1.165) is 29.1 Å². The molecule has 0 aliphatic carbocycles. The van der Waals surface area contributed by atoms with Gasteiger partial charge in [0, 0.05) is 18.0 Å². The number of hydrogen-bond acceptors (Lipinski definition) is 4. The third-order valence-corrected chi connectivity index (χ3v) is 4.58. The Kier molecular flexibility index (Phi) is 6.12. The molecule has 2 atom stereocenters. The van der Waals surface area contributed by atoms with Gasteiger partial charge in [-0.05, 0) is 44.0 Å². The molecule has 0 saturated heterocycles. The number of esters is 1. The summed E-state index contributed by atoms with van der Waals surface area (Å²) in [6.45, 7) is 7.79. The molecule has 0 aliphatic heterocycles. The van der Waals surface area contributed by atoms with Crippen molar-refractivity contribution in [3.05, 3.63) is 47.3 Å². The Morgan fingerprint density at radius 3 is 2.52 bits per heavy atom. The Labute approximate surface area is 149 Å². The molecule has 1 aromatic heterocycles. The lowest BCUT2D eigenvalue weighted by Gasteiger charge is -2.17. The van der Waals surface area contributed by atoms with Crippen LogP contribution in [0.3, 0.4) is 0 Å². The SMILES string of the molecule is CCC(C)C(=O)CC(C(=O)OC)c1cccc(-n2nc(C)cc2C)c1. The minimum absolute atomic E-state index is 0.0636. The summed E-state index contributed by atoms with van der Waals surface area (Å²) < 4.78 is 6.78. The van der Waals surface area contributed by atoms with E-state index in [4.69, 9.17) is 4.74 Å². The van der Waals surface area contributed by atoms with Gasteiger partial charge in [-0.1, -0.05) is 26.0 Å². The zero-order chi connectivity index (χ0) is 18.6. The summed E-state index contributed by atoms with van der Waals surface area (Å²) in [4.78, 5) is 24.6. The zero-order valence-electron chi connectivity index (χ0n) is 15.6. The van der Waals surface area contributed by atoms with Crippen molar-refractivity contribution in [1.29, 1.82) is 0 Å². The second-order valence-corrected chi connectivity index (χ2v) is 6.49. The van der Waals surface area contributed by atoms with Crippen LogP contribution in [0.5, 0.6) is 0 Å². The van der Waals surface area contributed by atoms with Crippen LogP contribution in [-0.4, -0.2) is 28.6 Å². The zero-order valence-corrected chi connectivity index (χ0v) is 15.6. The molecular weight excluding hydrogens is 316 g/mol. The van der Waals surface area contributed by atoms with Crippen molar-refractivity contribution < 1.29 is 14.3 Å². The van der Waals surface area contributed by atoms with Crippen molar-refractivity contribution in [3.8, 4) is 5.69 Å². The predicted octanol–water partition coefficient (Wildman–Crippen LogP) is 3.75. The van der Waals surface area contributed by atoms with Crippen LogP contribution in [0.4, 0.5) is 0 Å². The number of ether oxygens (including phenoxy) is 1. The Morgan fingerprint density at radius 1 is 1.24 bits per heavy atom. The fourth-order valence-electron chi connectivity index (χ4n) is 2.87. The number of benzene rings is 1. The summed E-state index contributed by atoms with van der Waals surface area (Å²) in [5.74, 6) is -0.966. The molecule has 0 fully saturated rings. The third kappa shape index (κ3) is 4.35. The monoisotopic (exact) mass is 342 g/mol. The number of aryl methyl sites for hydroxylation is 2. The highest BCUT2D eigenvalue weighted by atomic mass is 16.5. The Morgan fingerprint density at radius 2 is 1.96 bits per heavy atom. The van der Waals surface area contributed by atoms with Crippen LogP contribution in [0.2, 0.25) is 0 Å². The van der Waals surface area contributed by atoms with E-state index in [0.29, 0.717) is 0 Å². The highest BCUT2D eigenvalue weighted by molar-refractivity contribution is 5.88. The molecule has 0 bridgehead atoms. The average molecular weight is 342 g/mol. The number of ketones is 1. The lowest BCUT2D eigenvalue weighted by Crippen LogP contribution is -2.21. The molecule has 0 radical (unpaired) electrons. The van der Waals surface area contributed by atoms with Crippen LogP contribution >= 0.6 is 0 Å². The van der Waals surface area contributed by atoms with Gasteiger partial charge < -0.3 is 4.74 Å². The summed E-state index contributed by atoms with van der Waals surface area (Å²) in [6, 6.07) is 9.58. The van der Waals surface area contributed by atoms with Crippen LogP contribution < -0.4 is 0 Å². The van der Waals surface area contributed by atoms with Crippen molar-refractivity contribution in [2.45, 2.75) is 46.5 Å². The van der Waals surface area contributed by atoms with Gasteiger partial charge in [-0.25, -0.2) is 4.68 Å². The summed E-state index contributed by atoms with van der Waals surface area (Å²) in [6.07, 6.45) is 0.917. The number of hydrogen-bond donors (Lipinski definition) is 0. The molecule has 5 heteroatoms. The van der Waals surface area contributed by atoms with Gasteiger partial charge >= 0.3 is 5.97 Å². The number of carbonyl (C=O) groups excluding carboxylic acids is 2. The number of methoxy groups -OCH3 is 1. The molecule has 0 saturated carbocycles. The van der Waals surface area contributed by atoms with Crippen LogP contribution in [0.25, 0.3) is 5.69 Å². The van der Waals surface area contributed by atoms with Crippen LogP contribution in [0, 0.1) is 19.8 Å². The van der Waals surface area contributed by atoms with Gasteiger partial charge in [0.2, 0.25) is 0 Å². The molecule has 2 aromatic rings. The second kappa shape index (κ2) is 8.10. The minimum Gasteiger partial charge on any atom is -0.469 e. The van der Waals surface area contributed by atoms with Crippen molar-refractivity contribution in [2.24, 2.45) is 5.92 Å². The largest absolute Gasteiger partial charge is 0.469 e. The van der Waals surface area contributed by atoms with E-state index in [1.54, 1.807) is 0 Å². The number of rotatable bonds is 7. The third-order valence-electron chi connectivity index (χ3n) is 4.58. The summed E-state index contributed by atoms with van der Waals surface area (Å²) in [5.41, 5.74) is 3.58. The number of nitrogens with zero attached hydrogens (tertiary/aromatic N) is 2. The molecule has 1 aromatic carbocycles. The molecule has 2 unspecified atom stereocenters. The highest BCUT2D eigenvalue weighted by Gasteiger charge is 2.26. The quantitative estimate of drug-likeness (QED) is 0.719. The van der Waals surface area contributed by atoms with Crippen molar-refractivity contribution in [2.75, 3.05) is 7.11 Å². The maximum Gasteiger partial charge on any atom is 0.313 e. The maximum atomic E-state index is 12.4. The first kappa shape index (κ1) is 18.9. The van der Waals surface area contributed by atoms with Gasteiger partial charge in [0.25, 0.3) is 0 Å². The molecule has 0 spiro atoms. The van der Waals surface area contributed by atoms with E-state index in [-0.39, 0.29) is 24.1 Å². The molecule has 1 heterocycles. The van der Waals surface area contributed by atoms with E-state index in [2.05, 4.69) is 5.10 Å². The fourth-order valence-corrected chi connectivity index (χ4v) is 2.87. The van der Waals surface area contributed by atoms with Crippen LogP contribution in [0.15, 0.2) is 30.3 Å². The molecule has 0 aliphatic rings. The molecule has 2 rings (SSSR count). The van der Waals surface area contributed by atoms with E-state index in [1.807, 2.05) is 62.7 Å². The van der Waals surface area contributed by atoms with Crippen LogP contribution in [-0.2, 0) is 14.3 Å². The highest BCUT2D eigenvalue weighted by Crippen LogP contribution is 2.26. The maximum absolute atomic E-state index is 12.4. The average Bonchev–Trinajstić information content (AvgIpc) is 2.96. The molecular formula is C20H26N2O3. The van der Waals surface area contributed by atoms with Crippen LogP contribution in [0.1, 0.15) is 49.6 Å². The standard InChI is InChI=1S/C20H26N2O3/c1-6-13(2)19(23)12-18(20(24)25-5)16-8-7-9-17(11-16)22-15(4)10-14(3)21-22/h7-11,13,18H,6,12H2,1-5H3. The molecule has 134 valence electrons. The number of aromatic nitrogens is 2. The van der Waals surface area contributed by atoms with Gasteiger partial charge in [-0.15, -0.1) is 0 Å². The molecule has 0 amide bonds. The van der Waals surface area contributed by atoms with Gasteiger partial charge in [-0.2, -0.15) is 5.10 Å². The van der Waals surface area contributed by atoms with E-state index in [9.17, 15) is 9.59 Å². The number of carbonyl (C=O) groups is 2. The lowest BCUT2D eigenvalue weighted by atomic mass is 9.89. The lowest BCUT2D eigenvalue weighted by molar-refractivity contribution is -0.144. The summed E-state index contributed by atoms with van der Waals surface area (Å²) >= 11 is 0. The van der Waals surface area contributed by atoms with Gasteiger partial charge in [0.1, 0.15) is 5.78 Å². The predicted molar refractivity (Wildman–Crippen MR) is 96.9 cm³/mol. The smallest absolute Gasteiger partial charge is 0.313 e. The van der Waals surface area contributed by atoms with Crippen molar-refractivity contribution in [1.82, 2.24) is 9.78 Å². The Hall–Kier alpha value is -2.43. The Balaban J connectivity index is 2.38. The minimum atomic E-state index is -0.594. The van der Waals surface area contributed by atoms with Crippen molar-refractivity contribution >= 4 is 11.8 Å². The first-order valence-corrected chi connectivity index (χ1v) is 8.61. The van der Waals surface area contributed by atoms with Gasteiger partial charge in [0.15, 0.2) is 0 Å². The summed E-state index contributed by atoms with van der Waals surface area (Å²) in [5, 5.41) is 4.48.